The van der Waals surface area contributed by atoms with Crippen LogP contribution < -0.4 is 11.5 Å². The van der Waals surface area contributed by atoms with Gasteiger partial charge in [-0.3, -0.25) is 4.79 Å². The second-order valence-electron chi connectivity index (χ2n) is 2.61. The molecule has 0 heterocycles. The van der Waals surface area contributed by atoms with E-state index in [4.69, 9.17) is 16.6 Å². The minimum absolute atomic E-state index is 0. The summed E-state index contributed by atoms with van der Waals surface area (Å²) in [7, 11) is 0. The Bertz CT molecular complexity index is 125. The molecular formula is C6H16N2O3. The van der Waals surface area contributed by atoms with Crippen molar-refractivity contribution in [2.75, 3.05) is 6.54 Å². The van der Waals surface area contributed by atoms with Crippen LogP contribution in [0.15, 0.2) is 0 Å². The molecule has 5 heteroatoms. The molecule has 0 aromatic heterocycles. The summed E-state index contributed by atoms with van der Waals surface area (Å²) in [6, 6.07) is 0. The van der Waals surface area contributed by atoms with Crippen LogP contribution >= 0.6 is 0 Å². The summed E-state index contributed by atoms with van der Waals surface area (Å²) in [5.41, 5.74) is 9.47. The first-order chi connectivity index (χ1) is 4.50. The molecule has 0 aliphatic rings. The van der Waals surface area contributed by atoms with Gasteiger partial charge in [0.2, 0.25) is 0 Å². The van der Waals surface area contributed by atoms with Gasteiger partial charge in [0.15, 0.2) is 0 Å². The molecule has 11 heavy (non-hydrogen) atoms. The third-order valence-corrected chi connectivity index (χ3v) is 1.39. The van der Waals surface area contributed by atoms with Crippen molar-refractivity contribution in [3.8, 4) is 0 Å². The Hall–Kier alpha value is -0.650. The summed E-state index contributed by atoms with van der Waals surface area (Å²) in [5.74, 6) is -0.971. The lowest BCUT2D eigenvalue weighted by atomic mass is 9.98. The second-order valence-corrected chi connectivity index (χ2v) is 2.61. The van der Waals surface area contributed by atoms with E-state index in [1.807, 2.05) is 0 Å². The maximum absolute atomic E-state index is 10.4. The van der Waals surface area contributed by atoms with Crippen LogP contribution in [0.5, 0.6) is 0 Å². The largest absolute Gasteiger partial charge is 0.480 e. The first-order valence-electron chi connectivity index (χ1n) is 3.23. The fourth-order valence-corrected chi connectivity index (χ4v) is 0.576. The number of carboxylic acids is 1. The maximum atomic E-state index is 10.4. The van der Waals surface area contributed by atoms with E-state index in [2.05, 4.69) is 0 Å². The van der Waals surface area contributed by atoms with Gasteiger partial charge in [0.25, 0.3) is 0 Å². The fraction of sp³-hybridized carbons (Fsp3) is 0.833. The molecule has 1 unspecified atom stereocenters. The zero-order valence-corrected chi connectivity index (χ0v) is 6.63. The van der Waals surface area contributed by atoms with Gasteiger partial charge in [0.05, 0.1) is 0 Å². The van der Waals surface area contributed by atoms with Gasteiger partial charge in [-0.2, -0.15) is 0 Å². The molecule has 0 fully saturated rings. The maximum Gasteiger partial charge on any atom is 0.323 e. The first-order valence-corrected chi connectivity index (χ1v) is 3.23. The standard InChI is InChI=1S/C6H14N2O2.H2O/c1-6(8,5(9)10)3-2-4-7;/h2-4,7-8H2,1H3,(H,9,10);1H2. The van der Waals surface area contributed by atoms with Gasteiger partial charge in [0.1, 0.15) is 5.54 Å². The third kappa shape index (κ3) is 4.72. The van der Waals surface area contributed by atoms with E-state index in [0.717, 1.165) is 0 Å². The van der Waals surface area contributed by atoms with E-state index >= 15 is 0 Å². The number of aliphatic carboxylic acids is 1. The number of hydrogen-bond donors (Lipinski definition) is 3. The van der Waals surface area contributed by atoms with Gasteiger partial charge in [0, 0.05) is 0 Å². The lowest BCUT2D eigenvalue weighted by Crippen LogP contribution is -2.45. The third-order valence-electron chi connectivity index (χ3n) is 1.39. The van der Waals surface area contributed by atoms with Gasteiger partial charge in [-0.05, 0) is 26.3 Å². The quantitative estimate of drug-likeness (QED) is 0.478. The van der Waals surface area contributed by atoms with Crippen LogP contribution in [-0.2, 0) is 4.79 Å². The Kier molecular flexibility index (Phi) is 5.97. The topological polar surface area (TPSA) is 121 Å². The van der Waals surface area contributed by atoms with E-state index in [1.165, 1.54) is 6.92 Å². The average Bonchev–Trinajstić information content (AvgIpc) is 1.84. The number of carbonyl (C=O) groups is 1. The molecule has 0 aromatic rings. The van der Waals surface area contributed by atoms with Crippen molar-refractivity contribution in [3.63, 3.8) is 0 Å². The Morgan fingerprint density at radius 2 is 2.09 bits per heavy atom. The number of rotatable bonds is 4. The molecule has 0 radical (unpaired) electrons. The van der Waals surface area contributed by atoms with E-state index < -0.39 is 11.5 Å². The number of carboxylic acid groups (broad SMARTS) is 1. The molecule has 0 rings (SSSR count). The van der Waals surface area contributed by atoms with Gasteiger partial charge in [-0.1, -0.05) is 0 Å². The Morgan fingerprint density at radius 1 is 1.64 bits per heavy atom. The number of hydrogen-bond acceptors (Lipinski definition) is 3. The van der Waals surface area contributed by atoms with Crippen LogP contribution in [0.4, 0.5) is 0 Å². The highest BCUT2D eigenvalue weighted by Gasteiger charge is 2.26. The molecule has 0 aliphatic carbocycles. The predicted molar refractivity (Wildman–Crippen MR) is 42.1 cm³/mol. The van der Waals surface area contributed by atoms with Crippen LogP contribution in [0, 0.1) is 0 Å². The molecule has 0 bridgehead atoms. The van der Waals surface area contributed by atoms with Crippen molar-refractivity contribution >= 4 is 5.97 Å². The summed E-state index contributed by atoms with van der Waals surface area (Å²) in [6.45, 7) is 1.98. The molecule has 7 N–H and O–H groups in total. The van der Waals surface area contributed by atoms with Crippen molar-refractivity contribution in [2.45, 2.75) is 25.3 Å². The Labute approximate surface area is 65.7 Å². The van der Waals surface area contributed by atoms with Crippen LogP contribution in [0.1, 0.15) is 19.8 Å². The van der Waals surface area contributed by atoms with Gasteiger partial charge in [-0.25, -0.2) is 0 Å². The lowest BCUT2D eigenvalue weighted by Gasteiger charge is -2.17. The molecule has 0 aromatic carbocycles. The molecular weight excluding hydrogens is 148 g/mol. The highest BCUT2D eigenvalue weighted by Crippen LogP contribution is 2.07. The zero-order chi connectivity index (χ0) is 8.20. The van der Waals surface area contributed by atoms with Gasteiger partial charge >= 0.3 is 5.97 Å². The van der Waals surface area contributed by atoms with Crippen molar-refractivity contribution < 1.29 is 15.4 Å². The normalized spacial score (nSPS) is 14.8. The van der Waals surface area contributed by atoms with Gasteiger partial charge < -0.3 is 22.1 Å². The summed E-state index contributed by atoms with van der Waals surface area (Å²) in [5, 5.41) is 8.50. The summed E-state index contributed by atoms with van der Waals surface area (Å²) in [4.78, 5) is 10.4. The highest BCUT2D eigenvalue weighted by atomic mass is 16.4. The van der Waals surface area contributed by atoms with E-state index in [1.54, 1.807) is 0 Å². The van der Waals surface area contributed by atoms with Crippen molar-refractivity contribution in [2.24, 2.45) is 11.5 Å². The first kappa shape index (κ1) is 13.0. The molecule has 1 atom stereocenters. The van der Waals surface area contributed by atoms with Gasteiger partial charge in [-0.15, -0.1) is 0 Å². The Morgan fingerprint density at radius 3 is 2.36 bits per heavy atom. The van der Waals surface area contributed by atoms with Crippen LogP contribution in [0.2, 0.25) is 0 Å². The summed E-state index contributed by atoms with van der Waals surface area (Å²) in [6.07, 6.45) is 1.08. The molecule has 68 valence electrons. The minimum atomic E-state index is -1.11. The Balaban J connectivity index is 0. The van der Waals surface area contributed by atoms with Crippen LogP contribution in [0.3, 0.4) is 0 Å². The van der Waals surface area contributed by atoms with E-state index in [9.17, 15) is 4.79 Å². The molecule has 0 saturated carbocycles. The van der Waals surface area contributed by atoms with E-state index in [-0.39, 0.29) is 5.48 Å². The molecule has 0 aliphatic heterocycles. The van der Waals surface area contributed by atoms with Crippen molar-refractivity contribution in [1.82, 2.24) is 0 Å². The molecule has 5 nitrogen and oxygen atoms in total. The zero-order valence-electron chi connectivity index (χ0n) is 6.63. The smallest absolute Gasteiger partial charge is 0.323 e. The highest BCUT2D eigenvalue weighted by molar-refractivity contribution is 5.77. The molecule has 0 amide bonds. The molecule has 0 saturated heterocycles. The number of nitrogens with two attached hydrogens (primary N) is 2. The molecule has 0 spiro atoms. The monoisotopic (exact) mass is 164 g/mol. The second kappa shape index (κ2) is 5.06. The lowest BCUT2D eigenvalue weighted by molar-refractivity contribution is -0.142. The fourth-order valence-electron chi connectivity index (χ4n) is 0.576. The van der Waals surface area contributed by atoms with Crippen molar-refractivity contribution in [1.29, 1.82) is 0 Å². The SMILES string of the molecule is CC(N)(CCCN)C(=O)O.O. The predicted octanol–water partition coefficient (Wildman–Crippen LogP) is -1.30. The minimum Gasteiger partial charge on any atom is -0.480 e. The summed E-state index contributed by atoms with van der Waals surface area (Å²) >= 11 is 0. The van der Waals surface area contributed by atoms with Crippen LogP contribution in [0.25, 0.3) is 0 Å². The van der Waals surface area contributed by atoms with Crippen molar-refractivity contribution in [3.05, 3.63) is 0 Å². The van der Waals surface area contributed by atoms with Crippen LogP contribution in [-0.4, -0.2) is 28.6 Å². The van der Waals surface area contributed by atoms with E-state index in [0.29, 0.717) is 19.4 Å². The summed E-state index contributed by atoms with van der Waals surface area (Å²) < 4.78 is 0. The average molecular weight is 164 g/mol.